The van der Waals surface area contributed by atoms with Gasteiger partial charge in [0.15, 0.2) is 0 Å². The van der Waals surface area contributed by atoms with Crippen molar-refractivity contribution >= 4 is 40.7 Å². The summed E-state index contributed by atoms with van der Waals surface area (Å²) in [5, 5.41) is 6.21. The summed E-state index contributed by atoms with van der Waals surface area (Å²) >= 11 is 0. The Morgan fingerprint density at radius 1 is 0.500 bits per heavy atom. The summed E-state index contributed by atoms with van der Waals surface area (Å²) in [7, 11) is 0. The van der Waals surface area contributed by atoms with Crippen LogP contribution in [-0.2, 0) is 32.3 Å². The lowest BCUT2D eigenvalue weighted by molar-refractivity contribution is -0.139. The number of rotatable bonds is 15. The Balaban J connectivity index is 0.831. The average molecular weight is 888 g/mol. The molecule has 2 N–H and O–H groups in total. The van der Waals surface area contributed by atoms with Gasteiger partial charge in [0.25, 0.3) is 0 Å². The van der Waals surface area contributed by atoms with E-state index < -0.39 is 12.1 Å². The molecule has 342 valence electrons. The molecule has 4 fully saturated rings. The first-order valence-electron chi connectivity index (χ1n) is 24.3. The summed E-state index contributed by atoms with van der Waals surface area (Å²) in [5.74, 6) is -0.365. The molecule has 0 bridgehead atoms. The predicted molar refractivity (Wildman–Crippen MR) is 258 cm³/mol. The van der Waals surface area contributed by atoms with Crippen molar-refractivity contribution in [3.63, 3.8) is 0 Å². The summed E-state index contributed by atoms with van der Waals surface area (Å²) in [6.07, 6.45) is 11.6. The Morgan fingerprint density at radius 3 is 1.29 bits per heavy atom. The number of halogens is 1. The average Bonchev–Trinajstić information content (AvgIpc) is 4.21. The minimum atomic E-state index is -0.515. The number of amides is 4. The molecule has 2 heterocycles. The Morgan fingerprint density at radius 2 is 0.894 bits per heavy atom. The molecule has 9 rings (SSSR count). The number of likely N-dealkylation sites (tertiary alicyclic amines) is 2. The van der Waals surface area contributed by atoms with Crippen molar-refractivity contribution in [1.82, 2.24) is 9.80 Å². The second-order valence-corrected chi connectivity index (χ2v) is 18.9. The maximum absolute atomic E-state index is 14.2. The molecule has 0 spiro atoms. The first-order valence-corrected chi connectivity index (χ1v) is 24.3. The van der Waals surface area contributed by atoms with Crippen molar-refractivity contribution in [3.8, 4) is 0 Å². The van der Waals surface area contributed by atoms with E-state index >= 15 is 0 Å². The van der Waals surface area contributed by atoms with Gasteiger partial charge >= 0.3 is 0 Å². The number of carbonyl (C=O) groups is 4. The molecule has 0 aromatic heterocycles. The molecule has 2 saturated heterocycles. The second-order valence-electron chi connectivity index (χ2n) is 18.9. The highest BCUT2D eigenvalue weighted by molar-refractivity contribution is 5.99. The van der Waals surface area contributed by atoms with Gasteiger partial charge in [-0.25, -0.2) is 4.39 Å². The number of nitrogens with zero attached hydrogens (tertiary/aromatic N) is 3. The summed E-state index contributed by atoms with van der Waals surface area (Å²) in [4.78, 5) is 61.9. The van der Waals surface area contributed by atoms with Gasteiger partial charge in [-0.2, -0.15) is 0 Å². The van der Waals surface area contributed by atoms with Gasteiger partial charge in [-0.05, 0) is 134 Å². The summed E-state index contributed by atoms with van der Waals surface area (Å²) in [6, 6.07) is 41.1. The number of nitrogens with one attached hydrogen (secondary N) is 2. The van der Waals surface area contributed by atoms with Gasteiger partial charge in [-0.3, -0.25) is 19.2 Å². The minimum absolute atomic E-state index is 0.0666. The van der Waals surface area contributed by atoms with Gasteiger partial charge in [-0.15, -0.1) is 0 Å². The third-order valence-electron chi connectivity index (χ3n) is 14.7. The molecule has 66 heavy (non-hydrogen) atoms. The largest absolute Gasteiger partial charge is 0.363 e. The van der Waals surface area contributed by atoms with E-state index in [2.05, 4.69) is 39.8 Å². The smallest absolute Gasteiger partial charge is 0.247 e. The van der Waals surface area contributed by atoms with Crippen molar-refractivity contribution < 1.29 is 23.6 Å². The Hall–Kier alpha value is -6.29. The van der Waals surface area contributed by atoms with E-state index in [0.29, 0.717) is 62.2 Å². The fourth-order valence-electron chi connectivity index (χ4n) is 11.3. The third-order valence-corrected chi connectivity index (χ3v) is 14.7. The lowest BCUT2D eigenvalue weighted by Gasteiger charge is -2.31. The van der Waals surface area contributed by atoms with Crippen LogP contribution in [0.25, 0.3) is 0 Å². The maximum atomic E-state index is 14.2. The summed E-state index contributed by atoms with van der Waals surface area (Å²) in [5.41, 5.74) is 6.26. The topological polar surface area (TPSA) is 102 Å². The zero-order valence-corrected chi connectivity index (χ0v) is 37.8. The zero-order valence-electron chi connectivity index (χ0n) is 37.8. The highest BCUT2D eigenvalue weighted by Crippen LogP contribution is 2.41. The molecule has 0 radical (unpaired) electrons. The van der Waals surface area contributed by atoms with E-state index in [1.165, 1.54) is 12.1 Å². The standard InChI is InChI=1S/C56H62FN5O4/c57-45-27-33-48(34-28-45)60(37-39-23-29-46(30-24-39)58-53(63)49-21-11-35-61(49)55(65)51(43-17-7-8-18-43)41-13-3-1-4-14-41)38-40-25-31-47(32-26-40)59-54(64)50-22-12-36-62(50)56(66)52(44-19-9-10-20-44)42-15-5-2-6-16-42/h1-6,13-16,23-34,43-44,49-52H,7-12,17-22,35-38H2,(H,58,63)(H,59,64). The third kappa shape index (κ3) is 10.4. The molecule has 10 heteroatoms. The summed E-state index contributed by atoms with van der Waals surface area (Å²) in [6.45, 7) is 2.20. The van der Waals surface area contributed by atoms with Crippen LogP contribution < -0.4 is 15.5 Å². The van der Waals surface area contributed by atoms with Crippen LogP contribution in [0.5, 0.6) is 0 Å². The highest BCUT2D eigenvalue weighted by atomic mass is 19.1. The Kier molecular flexibility index (Phi) is 14.2. The van der Waals surface area contributed by atoms with Gasteiger partial charge in [0.2, 0.25) is 23.6 Å². The van der Waals surface area contributed by atoms with Crippen LogP contribution in [0.1, 0.15) is 111 Å². The molecule has 4 atom stereocenters. The van der Waals surface area contributed by atoms with E-state index in [1.54, 1.807) is 12.1 Å². The molecule has 4 unspecified atom stereocenters. The van der Waals surface area contributed by atoms with Gasteiger partial charge in [0.05, 0.1) is 11.8 Å². The number of hydrogen-bond donors (Lipinski definition) is 2. The lowest BCUT2D eigenvalue weighted by atomic mass is 9.83. The van der Waals surface area contributed by atoms with Crippen LogP contribution >= 0.6 is 0 Å². The SMILES string of the molecule is O=C(Nc1ccc(CN(Cc2ccc(NC(=O)C3CCCN3C(=O)C(c3ccccc3)C3CCCC3)cc2)c2ccc(F)cc2)cc1)C1CCCN1C(=O)C(c1ccccc1)C1CCCC1. The first kappa shape index (κ1) is 44.9. The van der Waals surface area contributed by atoms with Gasteiger partial charge in [0, 0.05) is 43.2 Å². The van der Waals surface area contributed by atoms with Crippen molar-refractivity contribution in [1.29, 1.82) is 0 Å². The van der Waals surface area contributed by atoms with E-state index in [4.69, 9.17) is 0 Å². The number of benzene rings is 5. The van der Waals surface area contributed by atoms with Gasteiger partial charge in [0.1, 0.15) is 17.9 Å². The first-order chi connectivity index (χ1) is 32.3. The normalized spacial score (nSPS) is 19.7. The molecule has 2 saturated carbocycles. The fourth-order valence-corrected chi connectivity index (χ4v) is 11.3. The van der Waals surface area contributed by atoms with Gasteiger partial charge < -0.3 is 25.3 Å². The molecule has 4 amide bonds. The Bertz CT molecular complexity index is 2270. The summed E-state index contributed by atoms with van der Waals surface area (Å²) < 4.78 is 14.1. The lowest BCUT2D eigenvalue weighted by Crippen LogP contribution is -2.46. The zero-order chi connectivity index (χ0) is 45.4. The molecular weight excluding hydrogens is 826 g/mol. The Labute approximate surface area is 388 Å². The molecular formula is C56H62FN5O4. The van der Waals surface area contributed by atoms with E-state index in [0.717, 1.165) is 92.1 Å². The van der Waals surface area contributed by atoms with Crippen molar-refractivity contribution in [2.45, 2.75) is 114 Å². The number of hydrogen-bond acceptors (Lipinski definition) is 5. The van der Waals surface area contributed by atoms with E-state index in [9.17, 15) is 23.6 Å². The fraction of sp³-hybridized carbons (Fsp3) is 0.393. The van der Waals surface area contributed by atoms with E-state index in [1.807, 2.05) is 94.7 Å². The van der Waals surface area contributed by atoms with Crippen LogP contribution in [0.3, 0.4) is 0 Å². The monoisotopic (exact) mass is 887 g/mol. The second kappa shape index (κ2) is 20.9. The molecule has 5 aromatic carbocycles. The molecule has 9 nitrogen and oxygen atoms in total. The van der Waals surface area contributed by atoms with Crippen LogP contribution in [0.15, 0.2) is 133 Å². The van der Waals surface area contributed by atoms with Crippen molar-refractivity contribution in [2.24, 2.45) is 11.8 Å². The predicted octanol–water partition coefficient (Wildman–Crippen LogP) is 10.8. The van der Waals surface area contributed by atoms with Crippen LogP contribution in [0.4, 0.5) is 21.5 Å². The maximum Gasteiger partial charge on any atom is 0.247 e. The molecule has 5 aromatic rings. The van der Waals surface area contributed by atoms with Crippen molar-refractivity contribution in [3.05, 3.63) is 162 Å². The van der Waals surface area contributed by atoms with Gasteiger partial charge in [-0.1, -0.05) is 111 Å². The molecule has 2 aliphatic carbocycles. The molecule has 2 aliphatic heterocycles. The molecule has 4 aliphatic rings. The van der Waals surface area contributed by atoms with Crippen molar-refractivity contribution in [2.75, 3.05) is 28.6 Å². The highest BCUT2D eigenvalue weighted by Gasteiger charge is 2.42. The van der Waals surface area contributed by atoms with E-state index in [-0.39, 0.29) is 41.3 Å². The minimum Gasteiger partial charge on any atom is -0.363 e. The number of carbonyl (C=O) groups excluding carboxylic acids is 4. The number of anilines is 3. The van der Waals surface area contributed by atoms with Crippen LogP contribution in [0.2, 0.25) is 0 Å². The quantitative estimate of drug-likeness (QED) is 0.109. The van der Waals surface area contributed by atoms with Crippen LogP contribution in [0, 0.1) is 17.7 Å². The van der Waals surface area contributed by atoms with Crippen LogP contribution in [-0.4, -0.2) is 58.6 Å².